The Hall–Kier alpha value is -1.17. The smallest absolute Gasteiger partial charge is 0.398 e. The molecule has 0 fully saturated rings. The number of hydrogen-bond donors (Lipinski definition) is 1. The second-order valence-electron chi connectivity index (χ2n) is 7.89. The highest BCUT2D eigenvalue weighted by Gasteiger charge is 2.31. The van der Waals surface area contributed by atoms with Crippen molar-refractivity contribution < 1.29 is 18.0 Å². The van der Waals surface area contributed by atoms with Crippen LogP contribution in [0.1, 0.15) is 54.0 Å². The molecule has 23 heavy (non-hydrogen) atoms. The summed E-state index contributed by atoms with van der Waals surface area (Å²) in [5.74, 6) is 0. The van der Waals surface area contributed by atoms with Gasteiger partial charge in [0, 0.05) is 16.0 Å². The van der Waals surface area contributed by atoms with Gasteiger partial charge in [0.15, 0.2) is 5.12 Å². The van der Waals surface area contributed by atoms with E-state index >= 15 is 0 Å². The quantitative estimate of drug-likeness (QED) is 0.499. The average molecular weight is 349 g/mol. The number of alkyl halides is 3. The zero-order valence-electron chi connectivity index (χ0n) is 14.8. The van der Waals surface area contributed by atoms with E-state index in [4.69, 9.17) is 5.73 Å². The van der Waals surface area contributed by atoms with Gasteiger partial charge in [0.25, 0.3) is 0 Å². The number of carbonyl (C=O) groups is 1. The molecule has 0 radical (unpaired) electrons. The summed E-state index contributed by atoms with van der Waals surface area (Å²) >= 11 is 0.865. The minimum absolute atomic E-state index is 0.0348. The summed E-state index contributed by atoms with van der Waals surface area (Å²) in [6.07, 6.45) is -4.43. The molecule has 0 saturated carbocycles. The Bertz CT molecular complexity index is 534. The predicted octanol–water partition coefficient (Wildman–Crippen LogP) is 6.00. The Morgan fingerprint density at radius 3 is 1.74 bits per heavy atom. The van der Waals surface area contributed by atoms with Gasteiger partial charge >= 0.3 is 6.18 Å². The Morgan fingerprint density at radius 2 is 1.43 bits per heavy atom. The van der Waals surface area contributed by atoms with Crippen molar-refractivity contribution in [3.63, 3.8) is 0 Å². The lowest BCUT2D eigenvalue weighted by atomic mass is 10.00. The molecule has 0 unspecified atom stereocenters. The van der Waals surface area contributed by atoms with E-state index in [1.165, 1.54) is 6.07 Å². The maximum absolute atomic E-state index is 12.4. The van der Waals surface area contributed by atoms with Crippen LogP contribution in [0.3, 0.4) is 0 Å². The van der Waals surface area contributed by atoms with Crippen LogP contribution in [-0.4, -0.2) is 5.12 Å². The molecule has 0 atom stereocenters. The minimum Gasteiger partial charge on any atom is -0.398 e. The Balaban J connectivity index is 0.000000841. The number of halogens is 3. The van der Waals surface area contributed by atoms with Crippen molar-refractivity contribution in [3.05, 3.63) is 23.8 Å². The van der Waals surface area contributed by atoms with Gasteiger partial charge in [-0.1, -0.05) is 48.5 Å². The van der Waals surface area contributed by atoms with Gasteiger partial charge in [-0.05, 0) is 35.4 Å². The Labute approximate surface area is 141 Å². The zero-order chi connectivity index (χ0) is 18.6. The fourth-order valence-corrected chi connectivity index (χ4v) is 1.89. The monoisotopic (exact) mass is 349 g/mol. The molecule has 0 aliphatic heterocycles. The molecule has 0 spiro atoms. The molecule has 0 aliphatic rings. The van der Waals surface area contributed by atoms with Crippen LogP contribution >= 0.6 is 11.8 Å². The van der Waals surface area contributed by atoms with Gasteiger partial charge in [-0.15, -0.1) is 0 Å². The summed E-state index contributed by atoms with van der Waals surface area (Å²) in [6.45, 7) is 14.0. The molecule has 0 heterocycles. The number of carbonyl (C=O) groups excluding carboxylic acids is 1. The lowest BCUT2D eigenvalue weighted by Crippen LogP contribution is -2.16. The van der Waals surface area contributed by atoms with Crippen LogP contribution in [0.4, 0.5) is 18.9 Å². The van der Waals surface area contributed by atoms with Crippen LogP contribution in [0.15, 0.2) is 23.1 Å². The second-order valence-corrected chi connectivity index (χ2v) is 8.90. The maximum Gasteiger partial charge on any atom is 0.416 e. The third kappa shape index (κ3) is 9.54. The first-order chi connectivity index (χ1) is 10.0. The van der Waals surface area contributed by atoms with Crippen LogP contribution in [-0.2, 0) is 11.0 Å². The fraction of sp³-hybridized carbons (Fsp3) is 0.588. The highest BCUT2D eigenvalue weighted by atomic mass is 32.2. The first-order valence-electron chi connectivity index (χ1n) is 7.21. The van der Waals surface area contributed by atoms with Gasteiger partial charge in [-0.2, -0.15) is 13.2 Å². The van der Waals surface area contributed by atoms with Crippen LogP contribution < -0.4 is 5.73 Å². The fourth-order valence-electron chi connectivity index (χ4n) is 1.07. The van der Waals surface area contributed by atoms with E-state index in [1.54, 1.807) is 20.8 Å². The molecule has 0 bridgehead atoms. The van der Waals surface area contributed by atoms with E-state index in [9.17, 15) is 18.0 Å². The largest absolute Gasteiger partial charge is 0.416 e. The summed E-state index contributed by atoms with van der Waals surface area (Å²) in [7, 11) is 0. The predicted molar refractivity (Wildman–Crippen MR) is 91.3 cm³/mol. The van der Waals surface area contributed by atoms with Crippen LogP contribution in [0.5, 0.6) is 0 Å². The van der Waals surface area contributed by atoms with Crippen molar-refractivity contribution >= 4 is 22.6 Å². The molecule has 1 rings (SSSR count). The molecular weight excluding hydrogens is 323 g/mol. The van der Waals surface area contributed by atoms with Gasteiger partial charge < -0.3 is 5.73 Å². The van der Waals surface area contributed by atoms with Crippen molar-refractivity contribution in [1.29, 1.82) is 0 Å². The van der Waals surface area contributed by atoms with Gasteiger partial charge in [0.1, 0.15) is 0 Å². The molecule has 0 amide bonds. The maximum atomic E-state index is 12.4. The summed E-state index contributed by atoms with van der Waals surface area (Å²) in [5.41, 5.74) is 4.62. The molecule has 1 aromatic carbocycles. The van der Waals surface area contributed by atoms with Gasteiger partial charge in [0.2, 0.25) is 0 Å². The molecule has 2 N–H and O–H groups in total. The first-order valence-corrected chi connectivity index (χ1v) is 8.02. The van der Waals surface area contributed by atoms with E-state index in [2.05, 4.69) is 27.7 Å². The lowest BCUT2D eigenvalue weighted by molar-refractivity contribution is -0.137. The first kappa shape index (κ1) is 21.8. The third-order valence-corrected chi connectivity index (χ3v) is 3.54. The van der Waals surface area contributed by atoms with Crippen LogP contribution in [0.25, 0.3) is 0 Å². The molecule has 0 aromatic heterocycles. The van der Waals surface area contributed by atoms with E-state index in [1.807, 2.05) is 0 Å². The standard InChI is InChI=1S/C12H14F3NOS.C5H12/c1-11(2,3)10(17)18-9-5-4-7(6-8(9)16)12(13,14)15;1-5(2,3)4/h4-6H,16H2,1-3H3;1-4H3. The molecule has 6 heteroatoms. The van der Waals surface area contributed by atoms with Crippen molar-refractivity contribution in [1.82, 2.24) is 0 Å². The van der Waals surface area contributed by atoms with E-state index in [0.717, 1.165) is 23.9 Å². The molecule has 0 aliphatic carbocycles. The number of benzene rings is 1. The SMILES string of the molecule is CC(C)(C)C.CC(C)(C)C(=O)Sc1ccc(C(F)(F)F)cc1N. The van der Waals surface area contributed by atoms with Gasteiger partial charge in [0.05, 0.1) is 5.56 Å². The van der Waals surface area contributed by atoms with E-state index in [0.29, 0.717) is 10.3 Å². The molecule has 132 valence electrons. The Morgan fingerprint density at radius 1 is 1.00 bits per heavy atom. The Kier molecular flexibility index (Phi) is 7.21. The highest BCUT2D eigenvalue weighted by Crippen LogP contribution is 2.36. The number of nitrogen functional groups attached to an aromatic ring is 1. The molecule has 0 saturated heterocycles. The second kappa shape index (κ2) is 7.60. The van der Waals surface area contributed by atoms with Crippen molar-refractivity contribution in [2.45, 2.75) is 59.5 Å². The number of hydrogen-bond acceptors (Lipinski definition) is 3. The summed E-state index contributed by atoms with van der Waals surface area (Å²) in [5, 5.41) is -0.144. The van der Waals surface area contributed by atoms with Gasteiger partial charge in [-0.3, -0.25) is 4.79 Å². The van der Waals surface area contributed by atoms with Gasteiger partial charge in [-0.25, -0.2) is 0 Å². The zero-order valence-corrected chi connectivity index (χ0v) is 15.6. The topological polar surface area (TPSA) is 43.1 Å². The van der Waals surface area contributed by atoms with Crippen LogP contribution in [0, 0.1) is 10.8 Å². The van der Waals surface area contributed by atoms with Crippen LogP contribution in [0.2, 0.25) is 0 Å². The summed E-state index contributed by atoms with van der Waals surface area (Å²) in [6, 6.07) is 3.00. The summed E-state index contributed by atoms with van der Waals surface area (Å²) in [4.78, 5) is 12.1. The third-order valence-electron chi connectivity index (χ3n) is 2.15. The normalized spacial score (nSPS) is 12.4. The average Bonchev–Trinajstić information content (AvgIpc) is 2.26. The lowest BCUT2D eigenvalue weighted by Gasteiger charge is -2.16. The molecule has 2 nitrogen and oxygen atoms in total. The molecule has 1 aromatic rings. The summed E-state index contributed by atoms with van der Waals surface area (Å²) < 4.78 is 37.3. The van der Waals surface area contributed by atoms with Crippen molar-refractivity contribution in [2.24, 2.45) is 10.8 Å². The van der Waals surface area contributed by atoms with Crippen molar-refractivity contribution in [3.8, 4) is 0 Å². The number of rotatable bonds is 1. The van der Waals surface area contributed by atoms with E-state index < -0.39 is 17.2 Å². The number of anilines is 1. The highest BCUT2D eigenvalue weighted by molar-refractivity contribution is 8.13. The van der Waals surface area contributed by atoms with Crippen molar-refractivity contribution in [2.75, 3.05) is 5.73 Å². The van der Waals surface area contributed by atoms with E-state index in [-0.39, 0.29) is 10.8 Å². The number of nitrogens with two attached hydrogens (primary N) is 1. The number of thioether (sulfide) groups is 1. The minimum atomic E-state index is -4.43. The molecular formula is C17H26F3NOS.